The number of nitrogens with zero attached hydrogens (tertiary/aromatic N) is 2. The number of nitrogens with one attached hydrogen (secondary N) is 2. The Bertz CT molecular complexity index is 6460. The van der Waals surface area contributed by atoms with Gasteiger partial charge in [0.15, 0.2) is 0 Å². The van der Waals surface area contributed by atoms with Crippen molar-refractivity contribution in [1.82, 2.24) is 9.97 Å². The second-order valence-electron chi connectivity index (χ2n) is 32.2. The lowest BCUT2D eigenvalue weighted by atomic mass is 9.60. The van der Waals surface area contributed by atoms with Gasteiger partial charge in [0.2, 0.25) is 0 Å². The Morgan fingerprint density at radius 2 is 0.472 bits per heavy atom. The van der Waals surface area contributed by atoms with Crippen molar-refractivity contribution >= 4 is 76.8 Å². The zero-order valence-electron chi connectivity index (χ0n) is 58.8. The minimum Gasteiger partial charge on any atom is -0.354 e. The van der Waals surface area contributed by atoms with Gasteiger partial charge in [0.1, 0.15) is 23.3 Å². The third-order valence-electron chi connectivity index (χ3n) is 27.3. The summed E-state index contributed by atoms with van der Waals surface area (Å²) in [7, 11) is 0. The fraction of sp³-hybridized carbons (Fsp3) is 0.160. The summed E-state index contributed by atoms with van der Waals surface area (Å²) in [6, 6.07) is 83.2. The Morgan fingerprint density at radius 3 is 0.750 bits per heavy atom. The van der Waals surface area contributed by atoms with Crippen LogP contribution in [0.5, 0.6) is 0 Å². The Balaban J connectivity index is 0.922. The van der Waals surface area contributed by atoms with Crippen LogP contribution in [0.4, 0.5) is 17.6 Å². The fourth-order valence-corrected chi connectivity index (χ4v) is 23.0. The van der Waals surface area contributed by atoms with E-state index in [0.29, 0.717) is 0 Å². The van der Waals surface area contributed by atoms with Crippen LogP contribution in [0.1, 0.15) is 199 Å². The van der Waals surface area contributed by atoms with Crippen molar-refractivity contribution < 1.29 is 17.6 Å². The highest BCUT2D eigenvalue weighted by Crippen LogP contribution is 2.66. The van der Waals surface area contributed by atoms with Crippen molar-refractivity contribution in [2.24, 2.45) is 9.98 Å². The SMILES string of the molecule is Fc1ccc(C2=C3N=C(C4=C3C3CCC4c4cc5ccccc5cc43)C(c3ccc(F)cc3)=c3[nH]c(c4c3C3CCC4c4cc5ccccc5cc43)=C(c3ccc(F)cc3)C3=NC(=C(c4ccc(F)cc4)c4[nH]c2c2c4C4CCC2c2cc5ccccc5cc24)C2=C3C3CCC2c2cc4ccccc4cc23)cc1. The topological polar surface area (TPSA) is 56.3 Å². The summed E-state index contributed by atoms with van der Waals surface area (Å²) >= 11 is 0. The second-order valence-corrected chi connectivity index (χ2v) is 32.2. The van der Waals surface area contributed by atoms with E-state index in [1.165, 1.54) is 132 Å². The lowest BCUT2D eigenvalue weighted by Crippen LogP contribution is -2.32. The van der Waals surface area contributed by atoms with E-state index in [1.54, 1.807) is 48.5 Å². The van der Waals surface area contributed by atoms with Crippen LogP contribution in [-0.2, 0) is 0 Å². The number of aliphatic imine (C=N–C) groups is 2. The molecule has 8 atom stereocenters. The van der Waals surface area contributed by atoms with Crippen molar-refractivity contribution in [2.45, 2.75) is 98.7 Å². The number of rotatable bonds is 4. The van der Waals surface area contributed by atoms with E-state index in [-0.39, 0.29) is 70.6 Å². The molecule has 13 aliphatic carbocycles. The zero-order chi connectivity index (χ0) is 70.8. The molecule has 0 saturated heterocycles. The number of hydrogen-bond acceptors (Lipinski definition) is 2. The smallest absolute Gasteiger partial charge is 0.123 e. The fourth-order valence-electron chi connectivity index (χ4n) is 23.0. The summed E-state index contributed by atoms with van der Waals surface area (Å²) in [5.41, 5.74) is 32.1. The van der Waals surface area contributed by atoms with Crippen LogP contribution in [0, 0.1) is 23.3 Å². The van der Waals surface area contributed by atoms with Gasteiger partial charge in [-0.15, -0.1) is 0 Å². The van der Waals surface area contributed by atoms with Crippen molar-refractivity contribution in [1.29, 1.82) is 0 Å². The molecule has 0 radical (unpaired) electrons. The molecule has 0 amide bonds. The number of H-pyrrole nitrogens is 2. The first-order chi connectivity index (χ1) is 53.2. The minimum atomic E-state index is -0.335. The second kappa shape index (κ2) is 21.9. The molecule has 15 aliphatic rings. The number of halogens is 4. The lowest BCUT2D eigenvalue weighted by Gasteiger charge is -2.42. The van der Waals surface area contributed by atoms with Crippen LogP contribution >= 0.6 is 0 Å². The zero-order valence-corrected chi connectivity index (χ0v) is 58.8. The standard InChI is InChI=1S/C100H66F4N4/c101-61-25-17-49(18-26-61)81-93-85-65-33-34-66(74-42-54-10-2-1-9-53(54)41-73(65)74)86(85)94(105-93)82(50-19-27-62(102)28-20-50)96-89-69-37-38-70(78-46-58-14-6-5-13-57(58)45-77(69)78)90(89)98(107-96)84(52-23-31-64(104)32-24-52)100-92-72-40-39-71(79-47-59-15-7-8-16-60(59)48-80(72)79)91(92)99(108-100)83(51-21-29-63(103)30-22-51)97-88-68-36-35-67(87(88)95(81)106-97)75-43-55-11-3-4-12-56(55)44-76(68)75/h1-32,41-48,65-72,105,108H,33-40H2. The number of allylic oxidation sites excluding steroid dienone is 4. The molecule has 2 aliphatic heterocycles. The first-order valence-corrected chi connectivity index (χ1v) is 38.7. The van der Waals surface area contributed by atoms with E-state index < -0.39 is 0 Å². The molecule has 29 rings (SSSR count). The summed E-state index contributed by atoms with van der Waals surface area (Å²) in [6.45, 7) is 0. The van der Waals surface area contributed by atoms with E-state index >= 15 is 17.6 Å². The summed E-state index contributed by atoms with van der Waals surface area (Å²) in [4.78, 5) is 22.1. The first-order valence-electron chi connectivity index (χ1n) is 38.7. The van der Waals surface area contributed by atoms with Gasteiger partial charge in [0.05, 0.1) is 44.9 Å². The molecule has 108 heavy (non-hydrogen) atoms. The highest BCUT2D eigenvalue weighted by molar-refractivity contribution is 6.36. The molecule has 514 valence electrons. The molecule has 0 fully saturated rings. The summed E-state index contributed by atoms with van der Waals surface area (Å²) in [5, 5.41) is 11.4. The van der Waals surface area contributed by atoms with E-state index in [1.807, 2.05) is 48.5 Å². The molecular weight excluding hydrogens is 1330 g/mol. The van der Waals surface area contributed by atoms with Crippen LogP contribution in [-0.4, -0.2) is 21.4 Å². The van der Waals surface area contributed by atoms with Gasteiger partial charge in [-0.2, -0.15) is 0 Å². The quantitative estimate of drug-likeness (QED) is 0.165. The molecule has 8 unspecified atom stereocenters. The molecule has 0 saturated carbocycles. The largest absolute Gasteiger partial charge is 0.354 e. The first kappa shape index (κ1) is 60.2. The summed E-state index contributed by atoms with van der Waals surface area (Å²) in [6.07, 6.45) is 7.10. The van der Waals surface area contributed by atoms with E-state index in [4.69, 9.17) is 9.98 Å². The van der Waals surface area contributed by atoms with Crippen molar-refractivity contribution in [3.63, 3.8) is 0 Å². The van der Waals surface area contributed by atoms with Crippen LogP contribution in [0.2, 0.25) is 0 Å². The number of benzene rings is 12. The average molecular weight is 1400 g/mol. The molecule has 8 heteroatoms. The highest BCUT2D eigenvalue weighted by atomic mass is 19.1. The highest BCUT2D eigenvalue weighted by Gasteiger charge is 2.53. The Labute approximate surface area is 620 Å². The molecular formula is C100H66F4N4. The van der Waals surface area contributed by atoms with Gasteiger partial charge >= 0.3 is 0 Å². The lowest BCUT2D eigenvalue weighted by molar-refractivity contribution is 0.520. The Hall–Kier alpha value is -12.0. The third kappa shape index (κ3) is 8.14. The molecule has 0 spiro atoms. The number of aromatic amines is 2. The maximum absolute atomic E-state index is 16.3. The number of fused-ring (bicyclic) bond motifs is 8. The van der Waals surface area contributed by atoms with Gasteiger partial charge in [0.25, 0.3) is 0 Å². The normalized spacial score (nSPS) is 22.6. The predicted octanol–water partition coefficient (Wildman–Crippen LogP) is 22.7. The molecule has 12 aromatic carbocycles. The molecule has 16 bridgehead atoms. The van der Waals surface area contributed by atoms with Gasteiger partial charge in [-0.25, -0.2) is 27.5 Å². The molecule has 14 aromatic rings. The Kier molecular flexibility index (Phi) is 12.2. The van der Waals surface area contributed by atoms with Crippen LogP contribution < -0.4 is 10.7 Å². The van der Waals surface area contributed by atoms with E-state index in [0.717, 1.165) is 141 Å². The third-order valence-corrected chi connectivity index (χ3v) is 27.3. The molecule has 4 nitrogen and oxygen atoms in total. The van der Waals surface area contributed by atoms with Gasteiger partial charge < -0.3 is 9.97 Å². The van der Waals surface area contributed by atoms with Crippen molar-refractivity contribution in [3.8, 4) is 0 Å². The average Bonchev–Trinajstić information content (AvgIpc) is 1.48. The molecule has 2 aromatic heterocycles. The number of hydrogen-bond donors (Lipinski definition) is 2. The summed E-state index contributed by atoms with van der Waals surface area (Å²) < 4.78 is 65.2. The minimum absolute atomic E-state index is 0.0857. The van der Waals surface area contributed by atoms with Crippen LogP contribution in [0.15, 0.2) is 286 Å². The van der Waals surface area contributed by atoms with Gasteiger partial charge in [-0.1, -0.05) is 194 Å². The van der Waals surface area contributed by atoms with E-state index in [2.05, 4.69) is 156 Å². The van der Waals surface area contributed by atoms with Crippen LogP contribution in [0.3, 0.4) is 0 Å². The maximum Gasteiger partial charge on any atom is 0.123 e. The Morgan fingerprint density at radius 1 is 0.241 bits per heavy atom. The molecule has 2 N–H and O–H groups in total. The van der Waals surface area contributed by atoms with Crippen molar-refractivity contribution in [2.75, 3.05) is 0 Å². The van der Waals surface area contributed by atoms with Crippen LogP contribution in [0.25, 0.3) is 65.4 Å². The maximum atomic E-state index is 16.3. The van der Waals surface area contributed by atoms with Gasteiger partial charge in [-0.3, -0.25) is 0 Å². The van der Waals surface area contributed by atoms with Crippen molar-refractivity contribution in [3.05, 3.63) is 411 Å². The van der Waals surface area contributed by atoms with Gasteiger partial charge in [0, 0.05) is 69.6 Å². The van der Waals surface area contributed by atoms with E-state index in [9.17, 15) is 0 Å². The number of aromatic nitrogens is 2. The monoisotopic (exact) mass is 1400 g/mol. The van der Waals surface area contributed by atoms with Gasteiger partial charge in [-0.05, 0) is 254 Å². The molecule has 4 heterocycles. The predicted molar refractivity (Wildman–Crippen MR) is 423 cm³/mol. The summed E-state index contributed by atoms with van der Waals surface area (Å²) in [5.74, 6) is -2.07.